The van der Waals surface area contributed by atoms with Crippen molar-refractivity contribution in [3.05, 3.63) is 35.4 Å². The van der Waals surface area contributed by atoms with Crippen molar-refractivity contribution in [1.82, 2.24) is 9.80 Å². The van der Waals surface area contributed by atoms with Crippen LogP contribution in [-0.4, -0.2) is 49.6 Å². The Hall–Kier alpha value is -0.900. The average molecular weight is 247 g/mol. The van der Waals surface area contributed by atoms with Gasteiger partial charge in [-0.2, -0.15) is 0 Å². The molecule has 1 heterocycles. The minimum atomic E-state index is 0.491. The summed E-state index contributed by atoms with van der Waals surface area (Å²) >= 11 is 0. The molecule has 1 aromatic carbocycles. The van der Waals surface area contributed by atoms with Crippen LogP contribution in [0.25, 0.3) is 0 Å². The highest BCUT2D eigenvalue weighted by Crippen LogP contribution is 2.27. The van der Waals surface area contributed by atoms with Crippen LogP contribution in [0.5, 0.6) is 0 Å². The second-order valence-electron chi connectivity index (χ2n) is 5.29. The van der Waals surface area contributed by atoms with Crippen LogP contribution >= 0.6 is 0 Å². The zero-order valence-corrected chi connectivity index (χ0v) is 11.6. The van der Waals surface area contributed by atoms with Crippen LogP contribution in [-0.2, 0) is 0 Å². The number of nitrogens with two attached hydrogens (primary N) is 1. The zero-order chi connectivity index (χ0) is 13.0. The molecule has 0 spiro atoms. The fourth-order valence-electron chi connectivity index (χ4n) is 2.79. The molecule has 18 heavy (non-hydrogen) atoms. The van der Waals surface area contributed by atoms with E-state index in [1.54, 1.807) is 0 Å². The van der Waals surface area contributed by atoms with Gasteiger partial charge in [-0.05, 0) is 38.1 Å². The third-order valence-corrected chi connectivity index (χ3v) is 3.97. The highest BCUT2D eigenvalue weighted by atomic mass is 15.3. The van der Waals surface area contributed by atoms with Gasteiger partial charge in [0, 0.05) is 32.2 Å². The van der Waals surface area contributed by atoms with Crippen LogP contribution in [0, 0.1) is 6.92 Å². The Balaban J connectivity index is 2.15. The predicted octanol–water partition coefficient (Wildman–Crippen LogP) is 1.63. The van der Waals surface area contributed by atoms with E-state index in [2.05, 4.69) is 48.0 Å². The van der Waals surface area contributed by atoms with Crippen LogP contribution in [0.1, 0.15) is 23.6 Å². The van der Waals surface area contributed by atoms with Crippen molar-refractivity contribution in [2.24, 2.45) is 5.73 Å². The molecule has 0 saturated carbocycles. The molecule has 1 unspecified atom stereocenters. The van der Waals surface area contributed by atoms with Crippen LogP contribution in [0.2, 0.25) is 0 Å². The molecule has 2 rings (SSSR count). The van der Waals surface area contributed by atoms with Crippen LogP contribution in [0.15, 0.2) is 24.3 Å². The molecule has 1 saturated heterocycles. The van der Waals surface area contributed by atoms with Gasteiger partial charge in [0.25, 0.3) is 0 Å². The summed E-state index contributed by atoms with van der Waals surface area (Å²) in [4.78, 5) is 4.99. The van der Waals surface area contributed by atoms with E-state index in [1.165, 1.54) is 11.1 Å². The van der Waals surface area contributed by atoms with Crippen molar-refractivity contribution < 1.29 is 0 Å². The quantitative estimate of drug-likeness (QED) is 0.878. The Labute approximate surface area is 111 Å². The Kier molecular flexibility index (Phi) is 4.75. The van der Waals surface area contributed by atoms with E-state index < -0.39 is 0 Å². The predicted molar refractivity (Wildman–Crippen MR) is 76.7 cm³/mol. The standard InChI is InChI=1S/C15H25N3/c1-13-5-3-4-6-14(13)15(7-8-16)18-11-9-17(2)10-12-18/h3-6,15H,7-12,16H2,1-2H3. The van der Waals surface area contributed by atoms with Gasteiger partial charge >= 0.3 is 0 Å². The van der Waals surface area contributed by atoms with Crippen LogP contribution in [0.4, 0.5) is 0 Å². The normalized spacial score (nSPS) is 19.9. The summed E-state index contributed by atoms with van der Waals surface area (Å²) in [5, 5.41) is 0. The van der Waals surface area contributed by atoms with E-state index in [0.29, 0.717) is 6.04 Å². The fourth-order valence-corrected chi connectivity index (χ4v) is 2.79. The maximum atomic E-state index is 5.81. The summed E-state index contributed by atoms with van der Waals surface area (Å²) < 4.78 is 0. The monoisotopic (exact) mass is 247 g/mol. The number of hydrogen-bond donors (Lipinski definition) is 1. The molecule has 0 aromatic heterocycles. The summed E-state index contributed by atoms with van der Waals surface area (Å²) in [6.07, 6.45) is 1.05. The first-order chi connectivity index (χ1) is 8.72. The number of piperazine rings is 1. The molecule has 3 nitrogen and oxygen atoms in total. The van der Waals surface area contributed by atoms with Gasteiger partial charge in [0.2, 0.25) is 0 Å². The van der Waals surface area contributed by atoms with Crippen molar-refractivity contribution in [3.63, 3.8) is 0 Å². The molecule has 0 radical (unpaired) electrons. The molecule has 2 N–H and O–H groups in total. The summed E-state index contributed by atoms with van der Waals surface area (Å²) in [7, 11) is 2.20. The fraction of sp³-hybridized carbons (Fsp3) is 0.600. The molecule has 1 aromatic rings. The molecule has 100 valence electrons. The summed E-state index contributed by atoms with van der Waals surface area (Å²) in [6.45, 7) is 7.57. The average Bonchev–Trinajstić information content (AvgIpc) is 2.38. The van der Waals surface area contributed by atoms with E-state index in [-0.39, 0.29) is 0 Å². The van der Waals surface area contributed by atoms with Crippen molar-refractivity contribution in [2.75, 3.05) is 39.8 Å². The van der Waals surface area contributed by atoms with E-state index in [9.17, 15) is 0 Å². The van der Waals surface area contributed by atoms with E-state index in [4.69, 9.17) is 5.73 Å². The maximum Gasteiger partial charge on any atom is 0.0363 e. The first-order valence-corrected chi connectivity index (χ1v) is 6.90. The summed E-state index contributed by atoms with van der Waals surface area (Å²) in [5.41, 5.74) is 8.65. The lowest BCUT2D eigenvalue weighted by Gasteiger charge is -2.38. The van der Waals surface area contributed by atoms with Gasteiger partial charge in [0.1, 0.15) is 0 Å². The van der Waals surface area contributed by atoms with E-state index in [0.717, 1.165) is 39.1 Å². The van der Waals surface area contributed by atoms with E-state index in [1.807, 2.05) is 0 Å². The Morgan fingerprint density at radius 1 is 1.17 bits per heavy atom. The zero-order valence-electron chi connectivity index (χ0n) is 11.6. The van der Waals surface area contributed by atoms with Crippen molar-refractivity contribution >= 4 is 0 Å². The molecule has 0 amide bonds. The molecule has 1 aliphatic rings. The molecule has 1 fully saturated rings. The lowest BCUT2D eigenvalue weighted by molar-refractivity contribution is 0.107. The number of rotatable bonds is 4. The molecule has 0 bridgehead atoms. The molecule has 0 aliphatic carbocycles. The molecule has 3 heteroatoms. The van der Waals surface area contributed by atoms with Crippen LogP contribution < -0.4 is 5.73 Å². The van der Waals surface area contributed by atoms with Gasteiger partial charge in [0.15, 0.2) is 0 Å². The molecule has 1 aliphatic heterocycles. The van der Waals surface area contributed by atoms with Crippen molar-refractivity contribution in [3.8, 4) is 0 Å². The second kappa shape index (κ2) is 6.32. The minimum absolute atomic E-state index is 0.491. The lowest BCUT2D eigenvalue weighted by atomic mass is 9.97. The third kappa shape index (κ3) is 3.10. The van der Waals surface area contributed by atoms with Crippen molar-refractivity contribution in [1.29, 1.82) is 0 Å². The Morgan fingerprint density at radius 3 is 2.44 bits per heavy atom. The topological polar surface area (TPSA) is 32.5 Å². The number of hydrogen-bond acceptors (Lipinski definition) is 3. The number of likely N-dealkylation sites (N-methyl/N-ethyl adjacent to an activating group) is 1. The second-order valence-corrected chi connectivity index (χ2v) is 5.29. The molecular formula is C15H25N3. The first kappa shape index (κ1) is 13.5. The van der Waals surface area contributed by atoms with Gasteiger partial charge in [-0.15, -0.1) is 0 Å². The maximum absolute atomic E-state index is 5.81. The Bertz CT molecular complexity index is 370. The van der Waals surface area contributed by atoms with E-state index >= 15 is 0 Å². The van der Waals surface area contributed by atoms with Gasteiger partial charge in [-0.25, -0.2) is 0 Å². The third-order valence-electron chi connectivity index (χ3n) is 3.97. The highest BCUT2D eigenvalue weighted by Gasteiger charge is 2.23. The van der Waals surface area contributed by atoms with Gasteiger partial charge in [-0.3, -0.25) is 4.90 Å². The number of nitrogens with zero attached hydrogens (tertiary/aromatic N) is 2. The summed E-state index contributed by atoms with van der Waals surface area (Å²) in [5.74, 6) is 0. The molecule has 1 atom stereocenters. The van der Waals surface area contributed by atoms with Gasteiger partial charge in [-0.1, -0.05) is 24.3 Å². The van der Waals surface area contributed by atoms with Crippen LogP contribution in [0.3, 0.4) is 0 Å². The first-order valence-electron chi connectivity index (χ1n) is 6.90. The SMILES string of the molecule is Cc1ccccc1C(CCN)N1CCN(C)CC1. The van der Waals surface area contributed by atoms with Gasteiger partial charge in [0.05, 0.1) is 0 Å². The largest absolute Gasteiger partial charge is 0.330 e. The van der Waals surface area contributed by atoms with Crippen molar-refractivity contribution in [2.45, 2.75) is 19.4 Å². The summed E-state index contributed by atoms with van der Waals surface area (Å²) in [6, 6.07) is 9.21. The highest BCUT2D eigenvalue weighted by molar-refractivity contribution is 5.29. The Morgan fingerprint density at radius 2 is 1.83 bits per heavy atom. The smallest absolute Gasteiger partial charge is 0.0363 e. The lowest BCUT2D eigenvalue weighted by Crippen LogP contribution is -2.46. The number of benzene rings is 1. The number of aryl methyl sites for hydroxylation is 1. The minimum Gasteiger partial charge on any atom is -0.330 e. The molecular weight excluding hydrogens is 222 g/mol. The van der Waals surface area contributed by atoms with Gasteiger partial charge < -0.3 is 10.6 Å².